The van der Waals surface area contributed by atoms with Gasteiger partial charge in [-0.2, -0.15) is 0 Å². The maximum Gasteiger partial charge on any atom is 0.488 e. The van der Waals surface area contributed by atoms with Crippen LogP contribution in [0, 0.1) is 5.82 Å². The molecule has 0 bridgehead atoms. The fourth-order valence-electron chi connectivity index (χ4n) is 2.23. The lowest BCUT2D eigenvalue weighted by Crippen LogP contribution is -2.47. The number of nitrogens with one attached hydrogen (secondary N) is 1. The number of rotatable bonds is 5. The number of benzene rings is 2. The van der Waals surface area contributed by atoms with E-state index in [1.165, 1.54) is 24.3 Å². The predicted octanol–water partition coefficient (Wildman–Crippen LogP) is -0.151. The lowest BCUT2D eigenvalue weighted by molar-refractivity contribution is 0.0845. The van der Waals surface area contributed by atoms with Crippen molar-refractivity contribution in [1.29, 1.82) is 0 Å². The van der Waals surface area contributed by atoms with E-state index in [1.54, 1.807) is 6.92 Å². The maximum absolute atomic E-state index is 13.9. The van der Waals surface area contributed by atoms with E-state index in [0.717, 1.165) is 18.2 Å². The molecular weight excluding hydrogens is 316 g/mol. The molecule has 2 rings (SSSR count). The van der Waals surface area contributed by atoms with Crippen molar-refractivity contribution in [2.45, 2.75) is 12.5 Å². The normalized spacial score (nSPS) is 13.2. The van der Waals surface area contributed by atoms with Gasteiger partial charge in [0.1, 0.15) is 11.6 Å². The second kappa shape index (κ2) is 7.00. The molecule has 0 aromatic heterocycles. The number of carbonyl (C=O) groups excluding carboxylic acids is 1. The molecule has 0 heterocycles. The molecule has 24 heavy (non-hydrogen) atoms. The van der Waals surface area contributed by atoms with Gasteiger partial charge >= 0.3 is 7.12 Å². The highest BCUT2D eigenvalue weighted by molar-refractivity contribution is 6.58. The van der Waals surface area contributed by atoms with Crippen LogP contribution in [0.25, 0.3) is 0 Å². The van der Waals surface area contributed by atoms with Gasteiger partial charge in [-0.3, -0.25) is 4.79 Å². The van der Waals surface area contributed by atoms with E-state index in [1.807, 2.05) is 0 Å². The summed E-state index contributed by atoms with van der Waals surface area (Å²) in [4.78, 5) is 12.4. The van der Waals surface area contributed by atoms with Crippen molar-refractivity contribution < 1.29 is 29.4 Å². The molecule has 5 N–H and O–H groups in total. The standard InChI is InChI=1S/C16H17BFNO5/c1-16(9-20,10-2-5-12(21)6-3-10)19-15(22)13-8-11(17(23)24)4-7-14(13)18/h2-8,20-21,23-24H,9H2,1H3,(H,19,22). The highest BCUT2D eigenvalue weighted by Gasteiger charge is 2.29. The first-order chi connectivity index (χ1) is 11.3. The zero-order chi connectivity index (χ0) is 17.9. The van der Waals surface area contributed by atoms with Crippen LogP contribution in [0.1, 0.15) is 22.8 Å². The van der Waals surface area contributed by atoms with Crippen molar-refractivity contribution >= 4 is 18.5 Å². The first-order valence-corrected chi connectivity index (χ1v) is 7.15. The Bertz CT molecular complexity index is 738. The summed E-state index contributed by atoms with van der Waals surface area (Å²) >= 11 is 0. The monoisotopic (exact) mass is 333 g/mol. The minimum absolute atomic E-state index is 0.0287. The van der Waals surface area contributed by atoms with E-state index in [0.29, 0.717) is 5.56 Å². The molecule has 0 fully saturated rings. The number of phenols is 1. The number of hydrogen-bond acceptors (Lipinski definition) is 5. The van der Waals surface area contributed by atoms with Gasteiger partial charge in [0, 0.05) is 0 Å². The molecule has 1 amide bonds. The number of aliphatic hydroxyl groups excluding tert-OH is 1. The second-order valence-corrected chi connectivity index (χ2v) is 5.60. The van der Waals surface area contributed by atoms with Gasteiger partial charge < -0.3 is 25.6 Å². The van der Waals surface area contributed by atoms with E-state index in [4.69, 9.17) is 10.0 Å². The molecule has 0 radical (unpaired) electrons. The molecule has 8 heteroatoms. The highest BCUT2D eigenvalue weighted by atomic mass is 19.1. The Morgan fingerprint density at radius 3 is 2.38 bits per heavy atom. The molecule has 0 aliphatic rings. The molecule has 0 aliphatic heterocycles. The van der Waals surface area contributed by atoms with Gasteiger partial charge in [-0.25, -0.2) is 4.39 Å². The molecule has 0 saturated heterocycles. The topological polar surface area (TPSA) is 110 Å². The van der Waals surface area contributed by atoms with Crippen LogP contribution in [0.4, 0.5) is 4.39 Å². The van der Waals surface area contributed by atoms with E-state index < -0.39 is 31.0 Å². The minimum atomic E-state index is -1.83. The summed E-state index contributed by atoms with van der Waals surface area (Å²) in [6.45, 7) is 1.08. The van der Waals surface area contributed by atoms with Crippen LogP contribution in [0.5, 0.6) is 5.75 Å². The van der Waals surface area contributed by atoms with Gasteiger partial charge in [-0.15, -0.1) is 0 Å². The van der Waals surface area contributed by atoms with Gasteiger partial charge in [-0.05, 0) is 42.2 Å². The molecule has 1 unspecified atom stereocenters. The smallest absolute Gasteiger partial charge is 0.488 e. The third-order valence-corrected chi connectivity index (χ3v) is 3.74. The number of aromatic hydroxyl groups is 1. The van der Waals surface area contributed by atoms with Crippen molar-refractivity contribution in [3.63, 3.8) is 0 Å². The van der Waals surface area contributed by atoms with Crippen LogP contribution in [-0.2, 0) is 5.54 Å². The van der Waals surface area contributed by atoms with Crippen molar-refractivity contribution in [2.75, 3.05) is 6.61 Å². The Kier molecular flexibility index (Phi) is 5.23. The molecule has 2 aromatic rings. The van der Waals surface area contributed by atoms with E-state index >= 15 is 0 Å². The van der Waals surface area contributed by atoms with Crippen molar-refractivity contribution in [2.24, 2.45) is 0 Å². The first-order valence-electron chi connectivity index (χ1n) is 7.15. The van der Waals surface area contributed by atoms with Gasteiger partial charge in [0.05, 0.1) is 17.7 Å². The van der Waals surface area contributed by atoms with Crippen LogP contribution in [0.3, 0.4) is 0 Å². The average Bonchev–Trinajstić information content (AvgIpc) is 2.55. The number of aliphatic hydroxyl groups is 1. The zero-order valence-electron chi connectivity index (χ0n) is 12.9. The fourth-order valence-corrected chi connectivity index (χ4v) is 2.23. The minimum Gasteiger partial charge on any atom is -0.508 e. The lowest BCUT2D eigenvalue weighted by atomic mass is 9.79. The summed E-state index contributed by atoms with van der Waals surface area (Å²) in [7, 11) is -1.83. The maximum atomic E-state index is 13.9. The van der Waals surface area contributed by atoms with Crippen LogP contribution in [0.2, 0.25) is 0 Å². The summed E-state index contributed by atoms with van der Waals surface area (Å²) in [6, 6.07) is 9.00. The molecule has 1 atom stereocenters. The Balaban J connectivity index is 2.32. The Labute approximate surface area is 138 Å². The van der Waals surface area contributed by atoms with Gasteiger partial charge in [0.25, 0.3) is 5.91 Å². The summed E-state index contributed by atoms with van der Waals surface area (Å²) in [5.41, 5.74) is -1.11. The Hall–Kier alpha value is -2.42. The molecular formula is C16H17BFNO5. The van der Waals surface area contributed by atoms with Crippen molar-refractivity contribution in [3.05, 3.63) is 59.4 Å². The molecule has 6 nitrogen and oxygen atoms in total. The predicted molar refractivity (Wildman–Crippen MR) is 86.2 cm³/mol. The summed E-state index contributed by atoms with van der Waals surface area (Å²) < 4.78 is 13.9. The number of halogens is 1. The molecule has 126 valence electrons. The van der Waals surface area contributed by atoms with E-state index in [-0.39, 0.29) is 16.8 Å². The number of hydrogen-bond donors (Lipinski definition) is 5. The Morgan fingerprint density at radius 1 is 1.21 bits per heavy atom. The van der Waals surface area contributed by atoms with Crippen molar-refractivity contribution in [1.82, 2.24) is 5.32 Å². The third-order valence-electron chi connectivity index (χ3n) is 3.74. The quantitative estimate of drug-likeness (QED) is 0.489. The Morgan fingerprint density at radius 2 is 1.83 bits per heavy atom. The molecule has 0 aliphatic carbocycles. The largest absolute Gasteiger partial charge is 0.508 e. The van der Waals surface area contributed by atoms with Crippen LogP contribution < -0.4 is 10.8 Å². The van der Waals surface area contributed by atoms with Gasteiger partial charge in [-0.1, -0.05) is 18.2 Å². The summed E-state index contributed by atoms with van der Waals surface area (Å²) in [6.07, 6.45) is 0. The average molecular weight is 333 g/mol. The van der Waals surface area contributed by atoms with E-state index in [9.17, 15) is 19.4 Å². The lowest BCUT2D eigenvalue weighted by Gasteiger charge is -2.29. The van der Waals surface area contributed by atoms with Crippen LogP contribution in [-0.4, -0.2) is 39.9 Å². The second-order valence-electron chi connectivity index (χ2n) is 5.60. The molecule has 0 spiro atoms. The SMILES string of the molecule is CC(CO)(NC(=O)c1cc(B(O)O)ccc1F)c1ccc(O)cc1. The number of amides is 1. The number of phenolic OH excluding ortho intramolecular Hbond substituents is 1. The first kappa shape index (κ1) is 17.9. The molecule has 2 aromatic carbocycles. The zero-order valence-corrected chi connectivity index (χ0v) is 12.9. The van der Waals surface area contributed by atoms with E-state index in [2.05, 4.69) is 5.32 Å². The number of carbonyl (C=O) groups is 1. The molecule has 0 saturated carbocycles. The van der Waals surface area contributed by atoms with Gasteiger partial charge in [0.2, 0.25) is 0 Å². The third kappa shape index (κ3) is 3.73. The van der Waals surface area contributed by atoms with Crippen molar-refractivity contribution in [3.8, 4) is 5.75 Å². The van der Waals surface area contributed by atoms with Crippen LogP contribution in [0.15, 0.2) is 42.5 Å². The summed E-state index contributed by atoms with van der Waals surface area (Å²) in [5, 5.41) is 39.8. The van der Waals surface area contributed by atoms with Crippen LogP contribution >= 0.6 is 0 Å². The summed E-state index contributed by atoms with van der Waals surface area (Å²) in [5.74, 6) is -1.62. The highest BCUT2D eigenvalue weighted by Crippen LogP contribution is 2.23. The van der Waals surface area contributed by atoms with Gasteiger partial charge in [0.15, 0.2) is 0 Å². The fraction of sp³-hybridized carbons (Fsp3) is 0.188.